The monoisotopic (exact) mass is 414 g/mol. The Labute approximate surface area is 180 Å². The summed E-state index contributed by atoms with van der Waals surface area (Å²) < 4.78 is 5.98. The largest absolute Gasteiger partial charge is 0.423 e. The zero-order chi connectivity index (χ0) is 22.2. The summed E-state index contributed by atoms with van der Waals surface area (Å²) in [5, 5.41) is 27.0. The van der Waals surface area contributed by atoms with Crippen molar-refractivity contribution >= 4 is 11.5 Å². The molecule has 2 N–H and O–H groups in total. The van der Waals surface area contributed by atoms with E-state index in [0.717, 1.165) is 29.5 Å². The molecule has 0 saturated carbocycles. The molecule has 31 heavy (non-hydrogen) atoms. The zero-order valence-corrected chi connectivity index (χ0v) is 17.4. The average Bonchev–Trinajstić information content (AvgIpc) is 2.77. The molecule has 1 heterocycles. The molecule has 8 heteroatoms. The third kappa shape index (κ3) is 5.46. The summed E-state index contributed by atoms with van der Waals surface area (Å²) in [6, 6.07) is 14.9. The van der Waals surface area contributed by atoms with Crippen molar-refractivity contribution in [2.45, 2.75) is 39.5 Å². The van der Waals surface area contributed by atoms with Gasteiger partial charge in [0, 0.05) is 12.1 Å². The van der Waals surface area contributed by atoms with Crippen LogP contribution in [0.4, 0.5) is 11.5 Å². The number of hydrogen-bond donors (Lipinski definition) is 2. The number of benzene rings is 2. The summed E-state index contributed by atoms with van der Waals surface area (Å²) in [6.45, 7) is 4.02. The van der Waals surface area contributed by atoms with Crippen LogP contribution in [0.2, 0.25) is 0 Å². The Morgan fingerprint density at radius 2 is 1.94 bits per heavy atom. The number of hydrogen-bond acceptors (Lipinski definition) is 7. The predicted octanol–water partition coefficient (Wildman–Crippen LogP) is 4.29. The van der Waals surface area contributed by atoms with E-state index < -0.39 is 5.56 Å². The highest BCUT2D eigenvalue weighted by molar-refractivity contribution is 5.56. The van der Waals surface area contributed by atoms with Crippen LogP contribution in [-0.2, 0) is 12.8 Å². The highest BCUT2D eigenvalue weighted by Gasteiger charge is 2.14. The van der Waals surface area contributed by atoms with Crippen molar-refractivity contribution < 1.29 is 4.74 Å². The lowest BCUT2D eigenvalue weighted by atomic mass is 9.99. The first-order valence-corrected chi connectivity index (χ1v) is 9.95. The Balaban J connectivity index is 1.88. The van der Waals surface area contributed by atoms with Gasteiger partial charge in [0.15, 0.2) is 0 Å². The molecule has 1 aromatic heterocycles. The lowest BCUT2D eigenvalue weighted by molar-refractivity contribution is 0.424. The van der Waals surface area contributed by atoms with Gasteiger partial charge >= 0.3 is 11.6 Å². The van der Waals surface area contributed by atoms with Crippen LogP contribution < -0.4 is 15.6 Å². The van der Waals surface area contributed by atoms with E-state index in [4.69, 9.17) is 15.3 Å². The molecule has 0 atom stereocenters. The molecule has 0 aliphatic rings. The van der Waals surface area contributed by atoms with Gasteiger partial charge in [0.1, 0.15) is 5.75 Å². The number of nitrogens with one attached hydrogen (secondary N) is 2. The molecule has 8 nitrogen and oxygen atoms in total. The molecule has 0 unspecified atom stereocenters. The highest BCUT2D eigenvalue weighted by atomic mass is 16.5. The average molecular weight is 414 g/mol. The molecule has 3 aromatic rings. The van der Waals surface area contributed by atoms with Crippen molar-refractivity contribution in [2.24, 2.45) is 0 Å². The Bertz CT molecular complexity index is 1200. The van der Waals surface area contributed by atoms with Crippen LogP contribution in [0.5, 0.6) is 11.8 Å². The SMILES string of the molecule is CCCc1cc(CCC#N)cc(C)c1Oc1n[nH]c(=O)c(Nc2ccc(C#N)cc2)n1. The fourth-order valence-corrected chi connectivity index (χ4v) is 3.18. The zero-order valence-electron chi connectivity index (χ0n) is 17.4. The van der Waals surface area contributed by atoms with E-state index in [9.17, 15) is 4.79 Å². The molecule has 156 valence electrons. The van der Waals surface area contributed by atoms with Gasteiger partial charge in [-0.15, -0.1) is 5.10 Å². The van der Waals surface area contributed by atoms with Crippen LogP contribution >= 0.6 is 0 Å². The van der Waals surface area contributed by atoms with Crippen LogP contribution in [0.25, 0.3) is 0 Å². The second-order valence-electron chi connectivity index (χ2n) is 7.02. The van der Waals surface area contributed by atoms with Crippen molar-refractivity contribution in [1.29, 1.82) is 10.5 Å². The van der Waals surface area contributed by atoms with E-state index in [1.165, 1.54) is 0 Å². The van der Waals surface area contributed by atoms with Gasteiger partial charge in [0.2, 0.25) is 5.82 Å². The second kappa shape index (κ2) is 10.0. The van der Waals surface area contributed by atoms with E-state index in [1.54, 1.807) is 24.3 Å². The van der Waals surface area contributed by atoms with Crippen LogP contribution in [0.3, 0.4) is 0 Å². The summed E-state index contributed by atoms with van der Waals surface area (Å²) in [7, 11) is 0. The number of anilines is 2. The lowest BCUT2D eigenvalue weighted by Crippen LogP contribution is -2.16. The van der Waals surface area contributed by atoms with E-state index in [0.29, 0.717) is 29.8 Å². The molecule has 0 fully saturated rings. The fourth-order valence-electron chi connectivity index (χ4n) is 3.18. The maximum Gasteiger partial charge on any atom is 0.341 e. The van der Waals surface area contributed by atoms with Gasteiger partial charge in [-0.05, 0) is 60.7 Å². The number of aryl methyl sites for hydroxylation is 3. The van der Waals surface area contributed by atoms with Crippen LogP contribution in [0.1, 0.15) is 42.0 Å². The van der Waals surface area contributed by atoms with E-state index >= 15 is 0 Å². The molecule has 0 amide bonds. The Kier molecular flexibility index (Phi) is 6.97. The Hall–Kier alpha value is -4.17. The molecule has 0 bridgehead atoms. The number of aromatic nitrogens is 3. The first-order chi connectivity index (χ1) is 15.0. The molecule has 3 rings (SSSR count). The third-order valence-electron chi connectivity index (χ3n) is 4.60. The van der Waals surface area contributed by atoms with Crippen molar-refractivity contribution in [2.75, 3.05) is 5.32 Å². The molecule has 0 saturated heterocycles. The van der Waals surface area contributed by atoms with Crippen molar-refractivity contribution in [3.63, 3.8) is 0 Å². The van der Waals surface area contributed by atoms with Gasteiger partial charge < -0.3 is 10.1 Å². The summed E-state index contributed by atoms with van der Waals surface area (Å²) in [5.41, 5.74) is 3.64. The molecular formula is C23H22N6O2. The molecule has 0 aliphatic heterocycles. The van der Waals surface area contributed by atoms with Gasteiger partial charge in [-0.2, -0.15) is 15.5 Å². The van der Waals surface area contributed by atoms with Gasteiger partial charge in [0.05, 0.1) is 17.7 Å². The molecule has 0 radical (unpaired) electrons. The quantitative estimate of drug-likeness (QED) is 0.563. The van der Waals surface area contributed by atoms with Gasteiger partial charge in [-0.3, -0.25) is 4.79 Å². The third-order valence-corrected chi connectivity index (χ3v) is 4.60. The van der Waals surface area contributed by atoms with E-state index in [2.05, 4.69) is 33.5 Å². The number of ether oxygens (including phenoxy) is 1. The highest BCUT2D eigenvalue weighted by Crippen LogP contribution is 2.30. The summed E-state index contributed by atoms with van der Waals surface area (Å²) >= 11 is 0. The Morgan fingerprint density at radius 3 is 2.61 bits per heavy atom. The number of H-pyrrole nitrogens is 1. The molecular weight excluding hydrogens is 392 g/mol. The minimum Gasteiger partial charge on any atom is -0.423 e. The van der Waals surface area contributed by atoms with E-state index in [1.807, 2.05) is 25.1 Å². The summed E-state index contributed by atoms with van der Waals surface area (Å²) in [6.07, 6.45) is 2.87. The Morgan fingerprint density at radius 1 is 1.16 bits per heavy atom. The smallest absolute Gasteiger partial charge is 0.341 e. The van der Waals surface area contributed by atoms with Crippen LogP contribution in [0, 0.1) is 29.6 Å². The standard InChI is InChI=1S/C23H22N6O2/c1-3-5-18-13-17(6-4-11-24)12-15(2)20(18)31-23-27-21(22(30)28-29-23)26-19-9-7-16(14-25)8-10-19/h7-10,12-13H,3-6H2,1-2H3,(H,28,30)(H,26,27,29). The summed E-state index contributed by atoms with van der Waals surface area (Å²) in [5.74, 6) is 0.689. The second-order valence-corrected chi connectivity index (χ2v) is 7.02. The number of rotatable bonds is 8. The van der Waals surface area contributed by atoms with Crippen LogP contribution in [0.15, 0.2) is 41.2 Å². The molecule has 0 spiro atoms. The molecule has 2 aromatic carbocycles. The van der Waals surface area contributed by atoms with Gasteiger partial charge in [0.25, 0.3) is 0 Å². The normalized spacial score (nSPS) is 10.2. The minimum atomic E-state index is -0.492. The topological polar surface area (TPSA) is 127 Å². The number of nitriles is 2. The van der Waals surface area contributed by atoms with Gasteiger partial charge in [-0.1, -0.05) is 25.5 Å². The van der Waals surface area contributed by atoms with Crippen molar-refractivity contribution in [3.05, 3.63) is 69.0 Å². The number of nitrogens with zero attached hydrogens (tertiary/aromatic N) is 4. The van der Waals surface area contributed by atoms with Crippen LogP contribution in [-0.4, -0.2) is 15.2 Å². The number of aromatic amines is 1. The van der Waals surface area contributed by atoms with Crippen molar-refractivity contribution in [3.8, 4) is 23.9 Å². The predicted molar refractivity (Wildman–Crippen MR) is 116 cm³/mol. The maximum absolute atomic E-state index is 12.2. The minimum absolute atomic E-state index is 0.0148. The van der Waals surface area contributed by atoms with Crippen molar-refractivity contribution in [1.82, 2.24) is 15.2 Å². The van der Waals surface area contributed by atoms with Gasteiger partial charge in [-0.25, -0.2) is 5.10 Å². The first-order valence-electron chi connectivity index (χ1n) is 9.95. The fraction of sp³-hybridized carbons (Fsp3) is 0.261. The first kappa shape index (κ1) is 21.5. The lowest BCUT2D eigenvalue weighted by Gasteiger charge is -2.15. The molecule has 0 aliphatic carbocycles. The summed E-state index contributed by atoms with van der Waals surface area (Å²) in [4.78, 5) is 16.4. The van der Waals surface area contributed by atoms with E-state index in [-0.39, 0.29) is 11.8 Å². The maximum atomic E-state index is 12.2.